The Morgan fingerprint density at radius 3 is 1.06 bits per heavy atom. The van der Waals surface area contributed by atoms with Gasteiger partial charge in [0.15, 0.2) is 0 Å². The molecule has 9 heteroatoms. The van der Waals surface area contributed by atoms with E-state index in [-0.39, 0.29) is 11.5 Å². The van der Waals surface area contributed by atoms with Crippen LogP contribution >= 0.6 is 0 Å². The molecule has 3 aromatic rings. The predicted octanol–water partition coefficient (Wildman–Crippen LogP) is 4.80. The Labute approximate surface area is 204 Å². The van der Waals surface area contributed by atoms with E-state index in [1.165, 1.54) is 48.7 Å². The smallest absolute Gasteiger partial charge is 0.142 e. The highest BCUT2D eigenvalue weighted by atomic mass is 16.5. The molecular weight excluding hydrogens is 456 g/mol. The Morgan fingerprint density at radius 1 is 0.400 bits per heavy atom. The minimum Gasteiger partial charge on any atom is -0.507 e. The maximum absolute atomic E-state index is 11.2. The van der Waals surface area contributed by atoms with Crippen molar-refractivity contribution in [3.63, 3.8) is 0 Å². The normalized spacial score (nSPS) is 10.4. The molecule has 0 aliphatic carbocycles. The van der Waals surface area contributed by atoms with Gasteiger partial charge in [0.05, 0.1) is 79.1 Å². The van der Waals surface area contributed by atoms with Crippen molar-refractivity contribution < 1.29 is 43.0 Å². The molecule has 188 valence electrons. The van der Waals surface area contributed by atoms with Crippen LogP contribution in [0.2, 0.25) is 0 Å². The van der Waals surface area contributed by atoms with Gasteiger partial charge >= 0.3 is 0 Å². The minimum atomic E-state index is -0.115. The van der Waals surface area contributed by atoms with Gasteiger partial charge in [-0.15, -0.1) is 0 Å². The number of benzene rings is 3. The first-order chi connectivity index (χ1) is 16.9. The van der Waals surface area contributed by atoms with Gasteiger partial charge in [0.25, 0.3) is 0 Å². The minimum absolute atomic E-state index is 0.115. The lowest BCUT2D eigenvalue weighted by molar-refractivity contribution is 0.370. The van der Waals surface area contributed by atoms with Crippen LogP contribution in [-0.2, 0) is 0 Å². The van der Waals surface area contributed by atoms with Crippen LogP contribution in [0.25, 0.3) is 22.3 Å². The molecule has 0 spiro atoms. The molecule has 0 fully saturated rings. The Balaban J connectivity index is 2.53. The lowest BCUT2D eigenvalue weighted by atomic mass is 9.93. The fraction of sp³-hybridized carbons (Fsp3) is 0.308. The van der Waals surface area contributed by atoms with E-state index in [1.54, 1.807) is 38.5 Å². The standard InChI is InChI=1S/C26H30O9/c1-28-14-9-17(30-3)23(18(10-14)31-4)22-16(27)13-21(34-7)25(26(22)35-8)24-19(32-5)11-15(29-2)12-20(24)33-6/h9-13,27H,1-8H3. The third kappa shape index (κ3) is 4.49. The number of hydrogen-bond donors (Lipinski definition) is 1. The molecule has 0 radical (unpaired) electrons. The summed E-state index contributed by atoms with van der Waals surface area (Å²) >= 11 is 0. The zero-order valence-corrected chi connectivity index (χ0v) is 21.1. The van der Waals surface area contributed by atoms with E-state index in [9.17, 15) is 5.11 Å². The van der Waals surface area contributed by atoms with Crippen molar-refractivity contribution in [3.05, 3.63) is 30.3 Å². The molecule has 0 atom stereocenters. The van der Waals surface area contributed by atoms with E-state index in [0.29, 0.717) is 62.5 Å². The Hall–Kier alpha value is -4.14. The molecule has 1 N–H and O–H groups in total. The molecule has 0 aliphatic rings. The van der Waals surface area contributed by atoms with Gasteiger partial charge in [0, 0.05) is 30.3 Å². The van der Waals surface area contributed by atoms with E-state index in [4.69, 9.17) is 37.9 Å². The maximum atomic E-state index is 11.2. The van der Waals surface area contributed by atoms with E-state index >= 15 is 0 Å². The summed E-state index contributed by atoms with van der Waals surface area (Å²) in [6.45, 7) is 0. The van der Waals surface area contributed by atoms with Crippen LogP contribution in [0.15, 0.2) is 30.3 Å². The number of ether oxygens (including phenoxy) is 8. The Kier molecular flexibility index (Phi) is 7.91. The van der Waals surface area contributed by atoms with Gasteiger partial charge in [0.1, 0.15) is 51.7 Å². The molecular formula is C26H30O9. The van der Waals surface area contributed by atoms with Gasteiger partial charge in [-0.3, -0.25) is 0 Å². The molecule has 3 aromatic carbocycles. The number of aromatic hydroxyl groups is 1. The summed E-state index contributed by atoms with van der Waals surface area (Å²) in [5, 5.41) is 11.2. The van der Waals surface area contributed by atoms with Gasteiger partial charge in [0.2, 0.25) is 0 Å². The number of phenolic OH excluding ortho intramolecular Hbond substituents is 1. The van der Waals surface area contributed by atoms with E-state index in [2.05, 4.69) is 0 Å². The lowest BCUT2D eigenvalue weighted by Crippen LogP contribution is -2.02. The van der Waals surface area contributed by atoms with Gasteiger partial charge in [-0.2, -0.15) is 0 Å². The SMILES string of the molecule is COc1cc(OC)c(-c2c(O)cc(OC)c(-c3c(OC)cc(OC)cc3OC)c2OC)c(OC)c1. The monoisotopic (exact) mass is 486 g/mol. The zero-order valence-electron chi connectivity index (χ0n) is 21.1. The van der Waals surface area contributed by atoms with Crippen LogP contribution in [0.4, 0.5) is 0 Å². The van der Waals surface area contributed by atoms with Crippen molar-refractivity contribution in [1.29, 1.82) is 0 Å². The molecule has 9 nitrogen and oxygen atoms in total. The first-order valence-electron chi connectivity index (χ1n) is 10.5. The second kappa shape index (κ2) is 10.9. The van der Waals surface area contributed by atoms with Crippen molar-refractivity contribution in [2.45, 2.75) is 0 Å². The van der Waals surface area contributed by atoms with Crippen molar-refractivity contribution in [3.8, 4) is 74.0 Å². The predicted molar refractivity (Wildman–Crippen MR) is 131 cm³/mol. The van der Waals surface area contributed by atoms with E-state index in [0.717, 1.165) is 0 Å². The highest BCUT2D eigenvalue weighted by molar-refractivity contribution is 5.97. The maximum Gasteiger partial charge on any atom is 0.142 e. The van der Waals surface area contributed by atoms with Gasteiger partial charge in [-0.25, -0.2) is 0 Å². The molecule has 0 aliphatic heterocycles. The second-order valence-electron chi connectivity index (χ2n) is 7.20. The van der Waals surface area contributed by atoms with Crippen LogP contribution < -0.4 is 37.9 Å². The quantitative estimate of drug-likeness (QED) is 0.434. The highest BCUT2D eigenvalue weighted by Gasteiger charge is 2.30. The summed E-state index contributed by atoms with van der Waals surface area (Å²) in [6, 6.07) is 8.30. The molecule has 0 unspecified atom stereocenters. The van der Waals surface area contributed by atoms with Crippen molar-refractivity contribution >= 4 is 0 Å². The largest absolute Gasteiger partial charge is 0.507 e. The topological polar surface area (TPSA) is 94.1 Å². The van der Waals surface area contributed by atoms with Crippen LogP contribution in [0.5, 0.6) is 51.7 Å². The van der Waals surface area contributed by atoms with Crippen LogP contribution in [0.1, 0.15) is 0 Å². The summed E-state index contributed by atoms with van der Waals surface area (Å²) < 4.78 is 44.9. The summed E-state index contributed by atoms with van der Waals surface area (Å²) in [6.07, 6.45) is 0. The number of methoxy groups -OCH3 is 8. The van der Waals surface area contributed by atoms with Crippen molar-refractivity contribution in [1.82, 2.24) is 0 Å². The fourth-order valence-corrected chi connectivity index (χ4v) is 3.97. The molecule has 0 bridgehead atoms. The third-order valence-corrected chi connectivity index (χ3v) is 5.58. The summed E-state index contributed by atoms with van der Waals surface area (Å²) in [4.78, 5) is 0. The average Bonchev–Trinajstić information content (AvgIpc) is 2.90. The Morgan fingerprint density at radius 2 is 0.743 bits per heavy atom. The molecule has 0 heterocycles. The lowest BCUT2D eigenvalue weighted by Gasteiger charge is -2.23. The first-order valence-corrected chi connectivity index (χ1v) is 10.5. The van der Waals surface area contributed by atoms with Crippen LogP contribution in [0, 0.1) is 0 Å². The summed E-state index contributed by atoms with van der Waals surface area (Å²) in [5.74, 6) is 3.26. The van der Waals surface area contributed by atoms with Crippen molar-refractivity contribution in [2.75, 3.05) is 56.9 Å². The molecule has 0 saturated carbocycles. The molecule has 3 rings (SSSR count). The van der Waals surface area contributed by atoms with Gasteiger partial charge < -0.3 is 43.0 Å². The number of hydrogen-bond acceptors (Lipinski definition) is 9. The zero-order chi connectivity index (χ0) is 25.7. The van der Waals surface area contributed by atoms with Crippen LogP contribution in [0.3, 0.4) is 0 Å². The Bertz CT molecular complexity index is 1150. The fourth-order valence-electron chi connectivity index (χ4n) is 3.97. The second-order valence-corrected chi connectivity index (χ2v) is 7.20. The number of phenols is 1. The third-order valence-electron chi connectivity index (χ3n) is 5.58. The van der Waals surface area contributed by atoms with Gasteiger partial charge in [-0.05, 0) is 0 Å². The first kappa shape index (κ1) is 25.5. The van der Waals surface area contributed by atoms with Gasteiger partial charge in [-0.1, -0.05) is 0 Å². The molecule has 35 heavy (non-hydrogen) atoms. The van der Waals surface area contributed by atoms with Crippen molar-refractivity contribution in [2.24, 2.45) is 0 Å². The number of rotatable bonds is 10. The molecule has 0 amide bonds. The summed E-state index contributed by atoms with van der Waals surface area (Å²) in [5.41, 5.74) is 1.80. The van der Waals surface area contributed by atoms with Crippen LogP contribution in [-0.4, -0.2) is 62.0 Å². The highest BCUT2D eigenvalue weighted by Crippen LogP contribution is 2.57. The summed E-state index contributed by atoms with van der Waals surface area (Å²) in [7, 11) is 12.2. The molecule has 0 aromatic heterocycles. The molecule has 0 saturated heterocycles. The van der Waals surface area contributed by atoms with E-state index in [1.807, 2.05) is 0 Å². The van der Waals surface area contributed by atoms with E-state index < -0.39 is 0 Å². The average molecular weight is 487 g/mol.